The number of benzene rings is 2. The van der Waals surface area contributed by atoms with Gasteiger partial charge in [-0.1, -0.05) is 11.6 Å². The Morgan fingerprint density at radius 3 is 2.50 bits per heavy atom. The van der Waals surface area contributed by atoms with Gasteiger partial charge in [-0.05, 0) is 37.3 Å². The number of nitrogens with one attached hydrogen (secondary N) is 1. The molecule has 4 nitrogen and oxygen atoms in total. The zero-order valence-corrected chi connectivity index (χ0v) is 14.2. The molecule has 0 aliphatic rings. The van der Waals surface area contributed by atoms with Gasteiger partial charge in [0.25, 0.3) is 0 Å². The molecule has 0 unspecified atom stereocenters. The number of Topliss-reactive ketones (excluding diaryl/α,β-unsaturated/α-hetero) is 1. The Bertz CT molecular complexity index is 963. The van der Waals surface area contributed by atoms with E-state index in [2.05, 4.69) is 4.98 Å². The van der Waals surface area contributed by atoms with E-state index in [4.69, 9.17) is 11.6 Å². The van der Waals surface area contributed by atoms with Crippen molar-refractivity contribution in [3.05, 3.63) is 46.7 Å². The molecule has 0 saturated carbocycles. The minimum atomic E-state index is -0.411. The number of hydrogen-bond acceptors (Lipinski definition) is 3. The second-order valence-electron chi connectivity index (χ2n) is 5.84. The van der Waals surface area contributed by atoms with E-state index in [1.165, 1.54) is 13.0 Å². The number of rotatable bonds is 3. The Hall–Kier alpha value is -2.53. The first kappa shape index (κ1) is 16.3. The van der Waals surface area contributed by atoms with Crippen molar-refractivity contribution >= 4 is 34.0 Å². The first-order valence-electron chi connectivity index (χ1n) is 7.32. The Balaban J connectivity index is 2.25. The molecule has 24 heavy (non-hydrogen) atoms. The summed E-state index contributed by atoms with van der Waals surface area (Å²) in [5.41, 5.74) is 2.23. The molecule has 0 aliphatic heterocycles. The van der Waals surface area contributed by atoms with Crippen LogP contribution in [0.3, 0.4) is 0 Å². The topological polar surface area (TPSA) is 56.3 Å². The van der Waals surface area contributed by atoms with Crippen molar-refractivity contribution < 1.29 is 14.3 Å². The highest BCUT2D eigenvalue weighted by Crippen LogP contribution is 2.38. The molecule has 1 aromatic heterocycles. The number of aromatic nitrogens is 1. The van der Waals surface area contributed by atoms with Crippen LogP contribution in [0.1, 0.15) is 17.3 Å². The van der Waals surface area contributed by atoms with Gasteiger partial charge in [-0.25, -0.2) is 4.39 Å². The molecule has 0 fully saturated rings. The fourth-order valence-electron chi connectivity index (χ4n) is 2.76. The molecule has 0 spiro atoms. The predicted octanol–water partition coefficient (Wildman–Crippen LogP) is 4.60. The fourth-order valence-corrected chi connectivity index (χ4v) is 3.03. The van der Waals surface area contributed by atoms with Gasteiger partial charge < -0.3 is 15.0 Å². The molecule has 0 atom stereocenters. The van der Waals surface area contributed by atoms with E-state index in [1.54, 1.807) is 29.2 Å². The van der Waals surface area contributed by atoms with Gasteiger partial charge in [-0.15, -0.1) is 0 Å². The van der Waals surface area contributed by atoms with Crippen molar-refractivity contribution in [2.75, 3.05) is 19.0 Å². The third-order valence-corrected chi connectivity index (χ3v) is 4.29. The van der Waals surface area contributed by atoms with Gasteiger partial charge in [0.2, 0.25) is 5.88 Å². The molecule has 6 heteroatoms. The summed E-state index contributed by atoms with van der Waals surface area (Å²) < 4.78 is 14.5. The Labute approximate surface area is 143 Å². The molecule has 0 bridgehead atoms. The number of anilines is 1. The van der Waals surface area contributed by atoms with Crippen molar-refractivity contribution in [2.24, 2.45) is 0 Å². The van der Waals surface area contributed by atoms with Gasteiger partial charge in [0.1, 0.15) is 5.82 Å². The smallest absolute Gasteiger partial charge is 0.200 e. The van der Waals surface area contributed by atoms with E-state index in [1.807, 2.05) is 14.1 Å². The zero-order chi connectivity index (χ0) is 17.6. The van der Waals surface area contributed by atoms with Crippen LogP contribution in [0.2, 0.25) is 5.02 Å². The quantitative estimate of drug-likeness (QED) is 0.681. The van der Waals surface area contributed by atoms with Crippen LogP contribution in [0.4, 0.5) is 10.1 Å². The first-order chi connectivity index (χ1) is 11.3. The van der Waals surface area contributed by atoms with Crippen LogP contribution in [-0.2, 0) is 0 Å². The molecule has 0 aliphatic carbocycles. The second kappa shape index (κ2) is 5.83. The zero-order valence-electron chi connectivity index (χ0n) is 13.4. The van der Waals surface area contributed by atoms with E-state index in [0.717, 1.165) is 5.69 Å². The molecule has 2 N–H and O–H groups in total. The molecule has 2 aromatic carbocycles. The third-order valence-electron chi connectivity index (χ3n) is 3.98. The number of ketones is 1. The minimum Gasteiger partial charge on any atom is -0.494 e. The van der Waals surface area contributed by atoms with Crippen molar-refractivity contribution in [3.8, 4) is 17.0 Å². The van der Waals surface area contributed by atoms with Crippen molar-refractivity contribution in [1.29, 1.82) is 0 Å². The van der Waals surface area contributed by atoms with Crippen LogP contribution < -0.4 is 4.90 Å². The van der Waals surface area contributed by atoms with Crippen molar-refractivity contribution in [1.82, 2.24) is 4.98 Å². The summed E-state index contributed by atoms with van der Waals surface area (Å²) in [6, 6.07) is 8.07. The van der Waals surface area contributed by atoms with Crippen LogP contribution >= 0.6 is 11.6 Å². The van der Waals surface area contributed by atoms with E-state index >= 15 is 0 Å². The summed E-state index contributed by atoms with van der Waals surface area (Å²) in [5.74, 6) is -0.906. The Kier molecular flexibility index (Phi) is 3.97. The Morgan fingerprint density at radius 1 is 1.21 bits per heavy atom. The van der Waals surface area contributed by atoms with E-state index in [0.29, 0.717) is 27.1 Å². The third kappa shape index (κ3) is 2.61. The van der Waals surface area contributed by atoms with E-state index in [-0.39, 0.29) is 17.2 Å². The molecule has 3 rings (SSSR count). The standard InChI is InChI=1S/C18H16ClFN2O2/c1-9(23)17-13-7-12(14(19)8-16(13)21-18(17)24)11-5-4-10(22(2)3)6-15(11)20/h4-8,21,24H,1-3H3. The van der Waals surface area contributed by atoms with Gasteiger partial charge in [0, 0.05) is 36.3 Å². The van der Waals surface area contributed by atoms with E-state index < -0.39 is 5.82 Å². The fraction of sp³-hybridized carbons (Fsp3) is 0.167. The predicted molar refractivity (Wildman–Crippen MR) is 94.7 cm³/mol. The number of halogens is 2. The normalized spacial score (nSPS) is 11.0. The molecule has 124 valence electrons. The van der Waals surface area contributed by atoms with Crippen molar-refractivity contribution in [2.45, 2.75) is 6.92 Å². The lowest BCUT2D eigenvalue weighted by molar-refractivity contribution is 0.101. The lowest BCUT2D eigenvalue weighted by Gasteiger charge is -2.14. The number of carbonyl (C=O) groups excluding carboxylic acids is 1. The summed E-state index contributed by atoms with van der Waals surface area (Å²) in [5, 5.41) is 10.7. The minimum absolute atomic E-state index is 0.174. The number of carbonyl (C=O) groups is 1. The molecule has 0 amide bonds. The van der Waals surface area contributed by atoms with Gasteiger partial charge in [0.15, 0.2) is 5.78 Å². The molecule has 3 aromatic rings. The summed E-state index contributed by atoms with van der Waals surface area (Å²) in [6.45, 7) is 1.36. The largest absolute Gasteiger partial charge is 0.494 e. The van der Waals surface area contributed by atoms with Gasteiger partial charge >= 0.3 is 0 Å². The molecular weight excluding hydrogens is 331 g/mol. The number of hydrogen-bond donors (Lipinski definition) is 2. The van der Waals surface area contributed by atoms with Gasteiger partial charge in [-0.3, -0.25) is 4.79 Å². The van der Waals surface area contributed by atoms with E-state index in [9.17, 15) is 14.3 Å². The average Bonchev–Trinajstić information content (AvgIpc) is 2.81. The number of aromatic amines is 1. The maximum atomic E-state index is 14.5. The van der Waals surface area contributed by atoms with Crippen molar-refractivity contribution in [3.63, 3.8) is 0 Å². The van der Waals surface area contributed by atoms with Crippen LogP contribution in [0, 0.1) is 5.82 Å². The molecule has 1 heterocycles. The summed E-state index contributed by atoms with van der Waals surface area (Å²) in [6.07, 6.45) is 0. The highest BCUT2D eigenvalue weighted by atomic mass is 35.5. The summed E-state index contributed by atoms with van der Waals surface area (Å²) in [4.78, 5) is 16.3. The lowest BCUT2D eigenvalue weighted by atomic mass is 10.0. The first-order valence-corrected chi connectivity index (χ1v) is 7.69. The SMILES string of the molecule is CC(=O)c1c(O)[nH]c2cc(Cl)c(-c3ccc(N(C)C)cc3F)cc12. The summed E-state index contributed by atoms with van der Waals surface area (Å²) in [7, 11) is 3.66. The summed E-state index contributed by atoms with van der Waals surface area (Å²) >= 11 is 6.29. The van der Waals surface area contributed by atoms with Gasteiger partial charge in [0.05, 0.1) is 16.1 Å². The van der Waals surface area contributed by atoms with Gasteiger partial charge in [-0.2, -0.15) is 0 Å². The number of nitrogens with zero attached hydrogens (tertiary/aromatic N) is 1. The van der Waals surface area contributed by atoms with Crippen LogP contribution in [0.15, 0.2) is 30.3 Å². The highest BCUT2D eigenvalue weighted by molar-refractivity contribution is 6.34. The molecule has 0 saturated heterocycles. The average molecular weight is 347 g/mol. The molecule has 0 radical (unpaired) electrons. The number of fused-ring (bicyclic) bond motifs is 1. The monoisotopic (exact) mass is 346 g/mol. The lowest BCUT2D eigenvalue weighted by Crippen LogP contribution is -2.08. The Morgan fingerprint density at radius 2 is 1.92 bits per heavy atom. The van der Waals surface area contributed by atoms with Crippen LogP contribution in [0.25, 0.3) is 22.0 Å². The number of aromatic hydroxyl groups is 1. The molecular formula is C18H16ClFN2O2. The maximum Gasteiger partial charge on any atom is 0.200 e. The van der Waals surface area contributed by atoms with Crippen LogP contribution in [0.5, 0.6) is 5.88 Å². The number of H-pyrrole nitrogens is 1. The maximum absolute atomic E-state index is 14.5. The highest BCUT2D eigenvalue weighted by Gasteiger charge is 2.18. The van der Waals surface area contributed by atoms with Crippen LogP contribution in [-0.4, -0.2) is 30.0 Å². The second-order valence-corrected chi connectivity index (χ2v) is 6.25.